The lowest BCUT2D eigenvalue weighted by molar-refractivity contribution is -0.166. The molecule has 0 radical (unpaired) electrons. The average Bonchev–Trinajstić information content (AvgIpc) is 3.08. The van der Waals surface area contributed by atoms with E-state index in [-0.39, 0.29) is 6.10 Å². The highest BCUT2D eigenvalue weighted by atomic mass is 32.2. The van der Waals surface area contributed by atoms with Crippen molar-refractivity contribution >= 4 is 23.5 Å². The van der Waals surface area contributed by atoms with E-state index in [0.717, 1.165) is 30.0 Å². The number of nitrogen functional groups attached to an aromatic ring is 1. The van der Waals surface area contributed by atoms with Crippen molar-refractivity contribution in [2.45, 2.75) is 57.8 Å². The number of aromatic nitrogens is 2. The molecule has 0 spiro atoms. The summed E-state index contributed by atoms with van der Waals surface area (Å²) in [6.45, 7) is 6.46. The van der Waals surface area contributed by atoms with Gasteiger partial charge >= 0.3 is 11.7 Å². The fraction of sp³-hybridized carbons (Fsp3) is 0.722. The van der Waals surface area contributed by atoms with Gasteiger partial charge in [-0.3, -0.25) is 4.57 Å². The van der Waals surface area contributed by atoms with Gasteiger partial charge in [0.2, 0.25) is 5.44 Å². The SMILES string of the molecule is CC(C)[C@@H]1CC[C@H](C)C[C@H]1OC(=O)C1O[C@@H](n2cc(F)c(N)nc2=O)CS1. The normalized spacial score (nSPS) is 31.2. The standard InChI is InChI=1S/C18H26FN3O4S/c1-9(2)11-5-4-10(3)6-13(11)25-16(23)17-26-14(8-27-17)22-7-12(19)15(20)21-18(22)24/h7,9-11,13-14,17H,4-6,8H2,1-3H3,(H2,20,21,24)/t10-,11-,13+,14+,17?/m0/s1. The molecule has 0 aromatic carbocycles. The van der Waals surface area contributed by atoms with Crippen LogP contribution in [-0.4, -0.2) is 32.8 Å². The molecule has 5 atom stereocenters. The first kappa shape index (κ1) is 20.1. The number of anilines is 1. The van der Waals surface area contributed by atoms with E-state index in [4.69, 9.17) is 15.2 Å². The highest BCUT2D eigenvalue weighted by Crippen LogP contribution is 2.37. The Labute approximate surface area is 161 Å². The minimum absolute atomic E-state index is 0.122. The van der Waals surface area contributed by atoms with Crippen molar-refractivity contribution in [3.8, 4) is 0 Å². The quantitative estimate of drug-likeness (QED) is 0.777. The van der Waals surface area contributed by atoms with Gasteiger partial charge in [-0.25, -0.2) is 14.0 Å². The second kappa shape index (κ2) is 8.18. The van der Waals surface area contributed by atoms with E-state index in [1.165, 1.54) is 11.8 Å². The molecule has 2 N–H and O–H groups in total. The number of esters is 1. The lowest BCUT2D eigenvalue weighted by Gasteiger charge is -2.37. The maximum absolute atomic E-state index is 13.6. The molecule has 3 rings (SSSR count). The summed E-state index contributed by atoms with van der Waals surface area (Å²) in [5.41, 5.74) is 3.74. The molecule has 0 bridgehead atoms. The summed E-state index contributed by atoms with van der Waals surface area (Å²) in [5, 5.41) is 0. The zero-order valence-electron chi connectivity index (χ0n) is 15.8. The lowest BCUT2D eigenvalue weighted by Crippen LogP contribution is -2.38. The van der Waals surface area contributed by atoms with Gasteiger partial charge in [0, 0.05) is 5.75 Å². The summed E-state index contributed by atoms with van der Waals surface area (Å²) in [5.74, 6) is -0.0872. The number of halogens is 1. The third-order valence-electron chi connectivity index (χ3n) is 5.34. The van der Waals surface area contributed by atoms with Crippen LogP contribution in [0.2, 0.25) is 0 Å². The third-order valence-corrected chi connectivity index (χ3v) is 6.42. The molecule has 2 heterocycles. The number of thioether (sulfide) groups is 1. The van der Waals surface area contributed by atoms with Crippen LogP contribution in [-0.2, 0) is 14.3 Å². The molecule has 7 nitrogen and oxygen atoms in total. The fourth-order valence-corrected chi connectivity index (χ4v) is 4.76. The van der Waals surface area contributed by atoms with E-state index in [0.29, 0.717) is 23.5 Å². The Morgan fingerprint density at radius 1 is 1.48 bits per heavy atom. The molecular weight excluding hydrogens is 373 g/mol. The topological polar surface area (TPSA) is 96.4 Å². The molecule has 9 heteroatoms. The molecule has 1 unspecified atom stereocenters. The lowest BCUT2D eigenvalue weighted by atomic mass is 9.75. The van der Waals surface area contributed by atoms with E-state index in [9.17, 15) is 14.0 Å². The molecule has 1 aliphatic heterocycles. The van der Waals surface area contributed by atoms with Gasteiger partial charge in [0.25, 0.3) is 0 Å². The Morgan fingerprint density at radius 2 is 2.22 bits per heavy atom. The Hall–Kier alpha value is -1.61. The zero-order chi connectivity index (χ0) is 19.7. The maximum atomic E-state index is 13.6. The number of hydrogen-bond donors (Lipinski definition) is 1. The van der Waals surface area contributed by atoms with Crippen molar-refractivity contribution in [1.29, 1.82) is 0 Å². The highest BCUT2D eigenvalue weighted by Gasteiger charge is 2.39. The Balaban J connectivity index is 1.65. The molecule has 2 aliphatic rings. The summed E-state index contributed by atoms with van der Waals surface area (Å²) < 4.78 is 26.1. The smallest absolute Gasteiger partial charge is 0.351 e. The van der Waals surface area contributed by atoms with Gasteiger partial charge in [0.15, 0.2) is 11.6 Å². The summed E-state index contributed by atoms with van der Waals surface area (Å²) in [4.78, 5) is 28.0. The number of nitrogens with two attached hydrogens (primary N) is 1. The number of rotatable bonds is 4. The van der Waals surface area contributed by atoms with Crippen LogP contribution in [0.15, 0.2) is 11.0 Å². The van der Waals surface area contributed by atoms with Crippen LogP contribution < -0.4 is 11.4 Å². The van der Waals surface area contributed by atoms with Crippen LogP contribution in [0.25, 0.3) is 0 Å². The second-order valence-corrected chi connectivity index (χ2v) is 8.82. The maximum Gasteiger partial charge on any atom is 0.351 e. The predicted molar refractivity (Wildman–Crippen MR) is 100 cm³/mol. The number of carbonyl (C=O) groups excluding carboxylic acids is 1. The van der Waals surface area contributed by atoms with Crippen molar-refractivity contribution in [3.05, 3.63) is 22.5 Å². The second-order valence-electron chi connectivity index (χ2n) is 7.72. The molecule has 2 fully saturated rings. The van der Waals surface area contributed by atoms with E-state index in [1.807, 2.05) is 0 Å². The first-order valence-electron chi connectivity index (χ1n) is 9.28. The molecule has 1 aromatic heterocycles. The van der Waals surface area contributed by atoms with Gasteiger partial charge in [-0.15, -0.1) is 11.8 Å². The van der Waals surface area contributed by atoms with Crippen molar-refractivity contribution in [1.82, 2.24) is 9.55 Å². The van der Waals surface area contributed by atoms with Gasteiger partial charge < -0.3 is 15.2 Å². The monoisotopic (exact) mass is 399 g/mol. The van der Waals surface area contributed by atoms with Crippen LogP contribution in [0.4, 0.5) is 10.2 Å². The summed E-state index contributed by atoms with van der Waals surface area (Å²) in [7, 11) is 0. The van der Waals surface area contributed by atoms with Gasteiger partial charge in [0.05, 0.1) is 6.20 Å². The van der Waals surface area contributed by atoms with Gasteiger partial charge in [-0.1, -0.05) is 27.2 Å². The zero-order valence-corrected chi connectivity index (χ0v) is 16.6. The van der Waals surface area contributed by atoms with Crippen molar-refractivity contribution in [3.63, 3.8) is 0 Å². The van der Waals surface area contributed by atoms with Crippen molar-refractivity contribution in [2.24, 2.45) is 17.8 Å². The minimum atomic E-state index is -0.840. The Morgan fingerprint density at radius 3 is 2.93 bits per heavy atom. The molecule has 0 amide bonds. The van der Waals surface area contributed by atoms with Crippen molar-refractivity contribution in [2.75, 3.05) is 11.5 Å². The molecule has 1 aromatic rings. The van der Waals surface area contributed by atoms with E-state index >= 15 is 0 Å². The molecule has 1 saturated carbocycles. The average molecular weight is 399 g/mol. The largest absolute Gasteiger partial charge is 0.459 e. The van der Waals surface area contributed by atoms with Gasteiger partial charge in [-0.05, 0) is 30.6 Å². The van der Waals surface area contributed by atoms with E-state index < -0.39 is 35.0 Å². The van der Waals surface area contributed by atoms with Crippen LogP contribution >= 0.6 is 11.8 Å². The van der Waals surface area contributed by atoms with E-state index in [2.05, 4.69) is 25.8 Å². The number of hydrogen-bond acceptors (Lipinski definition) is 7. The Kier molecular flexibility index (Phi) is 6.10. The van der Waals surface area contributed by atoms with Crippen LogP contribution in [0.1, 0.15) is 46.3 Å². The summed E-state index contributed by atoms with van der Waals surface area (Å²) >= 11 is 1.23. The number of ether oxygens (including phenoxy) is 2. The summed E-state index contributed by atoms with van der Waals surface area (Å²) in [6.07, 6.45) is 3.09. The van der Waals surface area contributed by atoms with Crippen LogP contribution in [0.3, 0.4) is 0 Å². The summed E-state index contributed by atoms with van der Waals surface area (Å²) in [6, 6.07) is 0. The van der Waals surface area contributed by atoms with Crippen molar-refractivity contribution < 1.29 is 18.7 Å². The first-order chi connectivity index (χ1) is 12.8. The first-order valence-corrected chi connectivity index (χ1v) is 10.3. The minimum Gasteiger partial charge on any atom is -0.459 e. The van der Waals surface area contributed by atoms with Gasteiger partial charge in [0.1, 0.15) is 12.3 Å². The third kappa shape index (κ3) is 4.45. The fourth-order valence-electron chi connectivity index (χ4n) is 3.78. The predicted octanol–water partition coefficient (Wildman–Crippen LogP) is 2.56. The highest BCUT2D eigenvalue weighted by molar-refractivity contribution is 8.00. The number of nitrogens with zero attached hydrogens (tertiary/aromatic N) is 2. The molecule has 150 valence electrons. The molecule has 1 saturated heterocycles. The van der Waals surface area contributed by atoms with Crippen LogP contribution in [0.5, 0.6) is 0 Å². The Bertz CT molecular complexity index is 757. The van der Waals surface area contributed by atoms with Gasteiger partial charge in [-0.2, -0.15) is 4.98 Å². The van der Waals surface area contributed by atoms with Crippen LogP contribution in [0, 0.1) is 23.6 Å². The molecular formula is C18H26FN3O4S. The number of carbonyl (C=O) groups is 1. The van der Waals surface area contributed by atoms with E-state index in [1.54, 1.807) is 0 Å². The molecule has 27 heavy (non-hydrogen) atoms. The molecule has 1 aliphatic carbocycles.